The van der Waals surface area contributed by atoms with Crippen molar-refractivity contribution >= 4 is 5.97 Å². The molecule has 0 aliphatic carbocycles. The lowest BCUT2D eigenvalue weighted by molar-refractivity contribution is -0.138. The van der Waals surface area contributed by atoms with E-state index in [4.69, 9.17) is 10.8 Å². The second-order valence-corrected chi connectivity index (χ2v) is 1.94. The lowest BCUT2D eigenvalue weighted by Gasteiger charge is -1.97. The van der Waals surface area contributed by atoms with Crippen LogP contribution in [-0.2, 0) is 9.53 Å². The van der Waals surface area contributed by atoms with Crippen LogP contribution in [0.25, 0.3) is 0 Å². The Labute approximate surface area is 65.3 Å². The van der Waals surface area contributed by atoms with Crippen LogP contribution in [0.1, 0.15) is 6.42 Å². The highest BCUT2D eigenvalue weighted by atomic mass is 16.5. The monoisotopic (exact) mass is 157 g/mol. The Balaban J connectivity index is 3.55. The third kappa shape index (κ3) is 5.40. The van der Waals surface area contributed by atoms with Gasteiger partial charge in [-0.3, -0.25) is 4.79 Å². The molecule has 0 aromatic heterocycles. The van der Waals surface area contributed by atoms with E-state index in [0.717, 1.165) is 0 Å². The van der Waals surface area contributed by atoms with Crippen LogP contribution in [0.3, 0.4) is 0 Å². The Morgan fingerprint density at radius 2 is 2.36 bits per heavy atom. The molecule has 0 rings (SSSR count). The highest BCUT2D eigenvalue weighted by Crippen LogP contribution is 1.84. The summed E-state index contributed by atoms with van der Waals surface area (Å²) in [6.45, 7) is 0.312. The number of methoxy groups -OCH3 is 1. The van der Waals surface area contributed by atoms with Gasteiger partial charge in [0.15, 0.2) is 0 Å². The maximum Gasteiger partial charge on any atom is 0.321 e. The number of hydrogen-bond acceptors (Lipinski definition) is 3. The first-order valence-electron chi connectivity index (χ1n) is 3.11. The van der Waals surface area contributed by atoms with E-state index in [9.17, 15) is 4.79 Å². The fourth-order valence-corrected chi connectivity index (χ4v) is 0.393. The minimum absolute atomic E-state index is 0.165. The molecule has 62 valence electrons. The summed E-state index contributed by atoms with van der Waals surface area (Å²) in [5, 5.41) is 8.31. The smallest absolute Gasteiger partial charge is 0.321 e. The van der Waals surface area contributed by atoms with Gasteiger partial charge in [-0.2, -0.15) is 0 Å². The van der Waals surface area contributed by atoms with Gasteiger partial charge in [0.25, 0.3) is 0 Å². The number of hydrogen-bond donors (Lipinski definition) is 2. The number of carboxylic acid groups (broad SMARTS) is 1. The summed E-state index contributed by atoms with van der Waals surface area (Å²) in [6, 6.07) is -0.889. The third-order valence-corrected chi connectivity index (χ3v) is 0.981. The average Bonchev–Trinajstić information content (AvgIpc) is 1.97. The lowest BCUT2D eigenvalue weighted by atomic mass is 10.2. The van der Waals surface area contributed by atoms with Gasteiger partial charge in [0, 0.05) is 13.5 Å². The van der Waals surface area contributed by atoms with Gasteiger partial charge in [0.05, 0.1) is 0 Å². The summed E-state index contributed by atoms with van der Waals surface area (Å²) >= 11 is 0. The Morgan fingerprint density at radius 1 is 1.73 bits per heavy atom. The number of nitrogens with two attached hydrogens (primary N) is 1. The van der Waals surface area contributed by atoms with Crippen LogP contribution in [0.2, 0.25) is 0 Å². The van der Waals surface area contributed by atoms with Gasteiger partial charge in [-0.25, -0.2) is 0 Å². The predicted molar refractivity (Wildman–Crippen MR) is 39.9 cm³/mol. The molecule has 0 amide bonds. The van der Waals surface area contributed by atoms with Gasteiger partial charge in [0.2, 0.25) is 0 Å². The van der Waals surface area contributed by atoms with E-state index in [-0.39, 0.29) is 6.42 Å². The first-order valence-corrected chi connectivity index (χ1v) is 3.11. The second-order valence-electron chi connectivity index (χ2n) is 1.94. The quantitative estimate of drug-likeness (QED) is 0.538. The fraction of sp³-hybridized carbons (Fsp3) is 0.571. The molecule has 0 aromatic carbocycles. The summed E-state index contributed by atoms with van der Waals surface area (Å²) in [6.07, 6.45) is 0.165. The molecule has 0 bridgehead atoms. The summed E-state index contributed by atoms with van der Waals surface area (Å²) in [5.41, 5.74) is 5.16. The van der Waals surface area contributed by atoms with E-state index in [1.807, 2.05) is 0 Å². The van der Waals surface area contributed by atoms with Crippen molar-refractivity contribution in [3.8, 4) is 11.8 Å². The van der Waals surface area contributed by atoms with Crippen LogP contribution in [-0.4, -0.2) is 30.8 Å². The normalized spacial score (nSPS) is 11.5. The van der Waals surface area contributed by atoms with Crippen LogP contribution in [0, 0.1) is 11.8 Å². The zero-order valence-electron chi connectivity index (χ0n) is 6.33. The zero-order valence-corrected chi connectivity index (χ0v) is 6.33. The molecule has 0 saturated carbocycles. The summed E-state index contributed by atoms with van der Waals surface area (Å²) in [4.78, 5) is 10.1. The van der Waals surface area contributed by atoms with Crippen molar-refractivity contribution in [2.24, 2.45) is 5.73 Å². The Kier molecular flexibility index (Phi) is 5.17. The molecular formula is C7H11NO3. The SMILES string of the molecule is COCC#CC[C@H](N)C(=O)O. The molecule has 0 fully saturated rings. The van der Waals surface area contributed by atoms with Crippen molar-refractivity contribution in [1.82, 2.24) is 0 Å². The second kappa shape index (κ2) is 5.71. The molecular weight excluding hydrogens is 146 g/mol. The lowest BCUT2D eigenvalue weighted by Crippen LogP contribution is -2.29. The van der Waals surface area contributed by atoms with Crippen LogP contribution in [0.15, 0.2) is 0 Å². The minimum atomic E-state index is -1.03. The maximum atomic E-state index is 10.1. The van der Waals surface area contributed by atoms with Gasteiger partial charge in [-0.15, -0.1) is 0 Å². The summed E-state index contributed by atoms with van der Waals surface area (Å²) in [7, 11) is 1.52. The Morgan fingerprint density at radius 3 is 2.82 bits per heavy atom. The van der Waals surface area contributed by atoms with E-state index in [1.54, 1.807) is 0 Å². The average molecular weight is 157 g/mol. The topological polar surface area (TPSA) is 72.5 Å². The number of carbonyl (C=O) groups is 1. The molecule has 0 aromatic rings. The first-order chi connectivity index (χ1) is 5.18. The molecule has 3 N–H and O–H groups in total. The third-order valence-electron chi connectivity index (χ3n) is 0.981. The fourth-order valence-electron chi connectivity index (χ4n) is 0.393. The number of carboxylic acids is 1. The van der Waals surface area contributed by atoms with E-state index in [0.29, 0.717) is 6.61 Å². The largest absolute Gasteiger partial charge is 0.480 e. The molecule has 0 aliphatic rings. The van der Waals surface area contributed by atoms with Crippen LogP contribution in [0.5, 0.6) is 0 Å². The Bertz CT molecular complexity index is 180. The van der Waals surface area contributed by atoms with Crippen molar-refractivity contribution in [3.05, 3.63) is 0 Å². The number of rotatable bonds is 3. The number of aliphatic carboxylic acids is 1. The molecule has 1 atom stereocenters. The molecule has 0 aliphatic heterocycles. The molecule has 4 nitrogen and oxygen atoms in total. The van der Waals surface area contributed by atoms with Crippen molar-refractivity contribution in [2.75, 3.05) is 13.7 Å². The molecule has 4 heteroatoms. The predicted octanol–water partition coefficient (Wildman–Crippen LogP) is -0.562. The molecule has 11 heavy (non-hydrogen) atoms. The van der Waals surface area contributed by atoms with Crippen molar-refractivity contribution in [1.29, 1.82) is 0 Å². The van der Waals surface area contributed by atoms with Crippen molar-refractivity contribution in [3.63, 3.8) is 0 Å². The van der Waals surface area contributed by atoms with Crippen LogP contribution < -0.4 is 5.73 Å². The molecule has 0 radical (unpaired) electrons. The Hall–Kier alpha value is -1.05. The van der Waals surface area contributed by atoms with Gasteiger partial charge in [-0.05, 0) is 0 Å². The van der Waals surface area contributed by atoms with Gasteiger partial charge < -0.3 is 15.6 Å². The van der Waals surface area contributed by atoms with Gasteiger partial charge in [-0.1, -0.05) is 11.8 Å². The highest BCUT2D eigenvalue weighted by Gasteiger charge is 2.07. The summed E-state index contributed by atoms with van der Waals surface area (Å²) in [5.74, 6) is 4.16. The number of ether oxygens (including phenoxy) is 1. The van der Waals surface area contributed by atoms with Crippen molar-refractivity contribution < 1.29 is 14.6 Å². The zero-order chi connectivity index (χ0) is 8.69. The molecule has 0 spiro atoms. The van der Waals surface area contributed by atoms with Gasteiger partial charge >= 0.3 is 5.97 Å². The van der Waals surface area contributed by atoms with Gasteiger partial charge in [0.1, 0.15) is 12.6 Å². The molecule has 0 unspecified atom stereocenters. The van der Waals surface area contributed by atoms with E-state index >= 15 is 0 Å². The van der Waals surface area contributed by atoms with E-state index in [1.165, 1.54) is 7.11 Å². The maximum absolute atomic E-state index is 10.1. The van der Waals surface area contributed by atoms with E-state index in [2.05, 4.69) is 16.6 Å². The standard InChI is InChI=1S/C7H11NO3/c1-11-5-3-2-4-6(8)7(9)10/h6H,4-5,8H2,1H3,(H,9,10)/t6-/m0/s1. The highest BCUT2D eigenvalue weighted by molar-refractivity contribution is 5.73. The van der Waals surface area contributed by atoms with Crippen molar-refractivity contribution in [2.45, 2.75) is 12.5 Å². The first kappa shape index (κ1) is 9.95. The van der Waals surface area contributed by atoms with Crippen LogP contribution >= 0.6 is 0 Å². The summed E-state index contributed by atoms with van der Waals surface area (Å²) < 4.78 is 4.62. The van der Waals surface area contributed by atoms with E-state index < -0.39 is 12.0 Å². The molecule has 0 heterocycles. The minimum Gasteiger partial charge on any atom is -0.480 e. The van der Waals surface area contributed by atoms with Crippen LogP contribution in [0.4, 0.5) is 0 Å². The molecule has 0 saturated heterocycles.